The molecule has 0 aliphatic heterocycles. The number of unbranched alkanes of at least 4 members (excludes halogenated alkanes) is 6. The molecule has 0 saturated carbocycles. The van der Waals surface area contributed by atoms with Crippen molar-refractivity contribution in [2.45, 2.75) is 281 Å². The van der Waals surface area contributed by atoms with E-state index in [-0.39, 0.29) is 120 Å². The van der Waals surface area contributed by atoms with E-state index in [1.54, 1.807) is 56.3 Å². The summed E-state index contributed by atoms with van der Waals surface area (Å²) in [6.45, 7) is 18.1. The van der Waals surface area contributed by atoms with Crippen LogP contribution in [-0.4, -0.2) is 179 Å². The molecule has 2 rings (SSSR count). The Kier molecular flexibility index (Phi) is 47.4. The Morgan fingerprint density at radius 2 is 0.620 bits per heavy atom. The molecule has 0 aliphatic rings. The van der Waals surface area contributed by atoms with Crippen LogP contribution in [0.1, 0.15) is 208 Å². The molecule has 0 aliphatic carbocycles. The van der Waals surface area contributed by atoms with Gasteiger partial charge in [0.2, 0.25) is 75.0 Å². The monoisotopic (exact) mass is 1540 g/mol. The number of aryl methyl sites for hydroxylation is 1. The van der Waals surface area contributed by atoms with Crippen LogP contribution in [0.4, 0.5) is 0 Å². The lowest BCUT2D eigenvalue weighted by Crippen LogP contribution is -2.61. The van der Waals surface area contributed by atoms with Gasteiger partial charge >= 0.3 is 0 Å². The number of amides is 11. The van der Waals surface area contributed by atoms with Crippen LogP contribution in [0.3, 0.4) is 0 Å². The van der Waals surface area contributed by atoms with Crippen LogP contribution in [0, 0.1) is 30.6 Å². The Bertz CT molecular complexity index is 3170. The third-order valence-corrected chi connectivity index (χ3v) is 20.0. The molecule has 25 N–H and O–H groups in total. The molecule has 0 radical (unpaired) electrons. The average Bonchev–Trinajstić information content (AvgIpc) is 0.839. The summed E-state index contributed by atoms with van der Waals surface area (Å²) in [4.78, 5) is 158. The van der Waals surface area contributed by atoms with Gasteiger partial charge in [0.1, 0.15) is 66.5 Å². The third-order valence-electron chi connectivity index (χ3n) is 18.5. The van der Waals surface area contributed by atoms with Crippen molar-refractivity contribution in [1.29, 1.82) is 0 Å². The highest BCUT2D eigenvalue weighted by Gasteiger charge is 2.38. The molecule has 2 aromatic rings. The minimum atomic E-state index is -4.22. The normalized spacial score (nSPS) is 14.9. The fraction of sp³-hybridized carbons (Fsp3) is 0.697. The number of primary amides is 1. The van der Waals surface area contributed by atoms with Crippen molar-refractivity contribution in [3.63, 3.8) is 0 Å². The maximum Gasteiger partial charge on any atom is 0.243 e. The van der Waals surface area contributed by atoms with Crippen molar-refractivity contribution in [3.05, 3.63) is 65.7 Å². The van der Waals surface area contributed by atoms with Gasteiger partial charge in [0.15, 0.2) is 0 Å². The van der Waals surface area contributed by atoms with E-state index in [0.29, 0.717) is 95.6 Å². The van der Waals surface area contributed by atoms with Crippen LogP contribution in [-0.2, 0) is 69.2 Å². The molecule has 0 unspecified atom stereocenters. The first-order valence-electron chi connectivity index (χ1n) is 39.0. The van der Waals surface area contributed by atoms with Crippen LogP contribution in [0.15, 0.2) is 59.5 Å². The standard InChI is InChI=1S/C76H134N18O13S/c1-10-52(9)65(76(105)92-63(46-50(6)7)73(102)87-55(28-14-20-38-77)67(96)84-57(30-16-22-40-79)69(98)89-61(66(83)95)44-48(2)3)93-71(100)59(32-18-24-42-81)85-68(97)56(29-15-21-39-78)88-75(104)64(47-53-26-12-11-13-27-53)91-74(103)62(45-49(4)5)90-70(99)58(31-17-23-41-80)86-72(101)60(33-19-25-43-82)94-108(106,107)54-36-34-51(8)35-37-54/h11-13,26-27,34-37,48-50,52,55-65,94H,10,14-25,28-33,38-47,77-82H2,1-9H3,(H2,83,95)(H,84,96)(H,85,97)(H,86,101)(H,87,102)(H,88,104)(H,89,98)(H,90,99)(H,91,103)(H,92,105)(H,93,100)/t52-,55-,56-,57-,58-,59-,60-,61-,62-,63-,64-,65-/m0/s1. The summed E-state index contributed by atoms with van der Waals surface area (Å²) in [6, 6.07) is 1.05. The van der Waals surface area contributed by atoms with E-state index in [9.17, 15) is 61.2 Å². The largest absolute Gasteiger partial charge is 0.368 e. The number of hydrogen-bond donors (Lipinski definition) is 18. The van der Waals surface area contributed by atoms with E-state index in [1.165, 1.54) is 12.1 Å². The Hall–Kier alpha value is -7.72. The van der Waals surface area contributed by atoms with Gasteiger partial charge in [-0.3, -0.25) is 52.7 Å². The fourth-order valence-corrected chi connectivity index (χ4v) is 13.3. The predicted molar refractivity (Wildman–Crippen MR) is 419 cm³/mol. The summed E-state index contributed by atoms with van der Waals surface area (Å²) >= 11 is 0. The Morgan fingerprint density at radius 1 is 0.343 bits per heavy atom. The molecule has 2 aromatic carbocycles. The average molecular weight is 1540 g/mol. The van der Waals surface area contributed by atoms with Crippen molar-refractivity contribution in [2.75, 3.05) is 39.3 Å². The maximum atomic E-state index is 15.0. The highest BCUT2D eigenvalue weighted by molar-refractivity contribution is 7.89. The first-order valence-corrected chi connectivity index (χ1v) is 40.4. The number of carbonyl (C=O) groups excluding carboxylic acids is 11. The lowest BCUT2D eigenvalue weighted by molar-refractivity contribution is -0.137. The van der Waals surface area contributed by atoms with E-state index >= 15 is 0 Å². The quantitative estimate of drug-likeness (QED) is 0.0413. The minimum Gasteiger partial charge on any atom is -0.368 e. The van der Waals surface area contributed by atoms with E-state index in [2.05, 4.69) is 57.9 Å². The molecule has 0 aromatic heterocycles. The lowest BCUT2D eigenvalue weighted by atomic mass is 9.95. The second kappa shape index (κ2) is 53.2. The molecule has 0 spiro atoms. The van der Waals surface area contributed by atoms with Crippen molar-refractivity contribution in [3.8, 4) is 0 Å². The maximum absolute atomic E-state index is 15.0. The van der Waals surface area contributed by atoms with Crippen molar-refractivity contribution in [1.82, 2.24) is 57.9 Å². The number of sulfonamides is 1. The summed E-state index contributed by atoms with van der Waals surface area (Å²) in [5.41, 5.74) is 42.2. The van der Waals surface area contributed by atoms with E-state index in [4.69, 9.17) is 40.1 Å². The molecule has 0 saturated heterocycles. The zero-order valence-corrected chi connectivity index (χ0v) is 66.4. The van der Waals surface area contributed by atoms with Gasteiger partial charge in [-0.25, -0.2) is 8.42 Å². The van der Waals surface area contributed by atoms with Crippen LogP contribution < -0.4 is 98.0 Å². The number of hydrogen-bond acceptors (Lipinski definition) is 19. The van der Waals surface area contributed by atoms with Crippen LogP contribution in [0.2, 0.25) is 0 Å². The van der Waals surface area contributed by atoms with Crippen LogP contribution >= 0.6 is 0 Å². The van der Waals surface area contributed by atoms with E-state index < -0.39 is 147 Å². The molecule has 108 heavy (non-hydrogen) atoms. The van der Waals surface area contributed by atoms with Gasteiger partial charge in [-0.1, -0.05) is 116 Å². The Labute approximate surface area is 641 Å². The molecule has 12 atom stereocenters. The Balaban J connectivity index is 2.60. The van der Waals surface area contributed by atoms with Crippen molar-refractivity contribution >= 4 is 75.0 Å². The number of rotatable bonds is 58. The van der Waals surface area contributed by atoms with Gasteiger partial charge < -0.3 is 93.3 Å². The molecule has 0 fully saturated rings. The SMILES string of the molecule is CC[C@H](C)[C@H](NC(=O)[C@H](CCCCN)NC(=O)[C@H](CCCCN)NC(=O)[C@H](Cc1ccccc1)NC(=O)[C@H](CC(C)C)NC(=O)[C@H](CCCCN)NC(=O)[C@H](CCCCN)NS(=O)(=O)c1ccc(C)cc1)C(=O)N[C@@H](CC(C)C)C(=O)N[C@@H](CCCCN)C(=O)N[C@@H](CCCCN)C(=O)N[C@@H](CC(C)C)C(N)=O. The minimum absolute atomic E-state index is 0.00247. The smallest absolute Gasteiger partial charge is 0.243 e. The van der Waals surface area contributed by atoms with Crippen molar-refractivity contribution < 1.29 is 61.2 Å². The lowest BCUT2D eigenvalue weighted by Gasteiger charge is -2.30. The zero-order chi connectivity index (χ0) is 80.9. The number of carbonyl (C=O) groups is 11. The van der Waals surface area contributed by atoms with Gasteiger partial charge in [-0.05, 0) is 216 Å². The summed E-state index contributed by atoms with van der Waals surface area (Å²) in [5, 5.41) is 28.0. The predicted octanol–water partition coefficient (Wildman–Crippen LogP) is 1.18. The molecule has 612 valence electrons. The van der Waals surface area contributed by atoms with Gasteiger partial charge in [0, 0.05) is 6.42 Å². The third kappa shape index (κ3) is 37.6. The molecule has 32 heteroatoms. The highest BCUT2D eigenvalue weighted by atomic mass is 32.2. The second-order valence-corrected chi connectivity index (χ2v) is 31.3. The molecular formula is C76H134N18O13S. The fourth-order valence-electron chi connectivity index (χ4n) is 12.1. The number of nitrogens with one attached hydrogen (secondary N) is 11. The molecule has 0 bridgehead atoms. The van der Waals surface area contributed by atoms with Gasteiger partial charge in [-0.15, -0.1) is 0 Å². The van der Waals surface area contributed by atoms with Gasteiger partial charge in [-0.2, -0.15) is 4.72 Å². The molecule has 11 amide bonds. The number of benzene rings is 2. The molecule has 31 nitrogen and oxygen atoms in total. The topological polar surface area (TPSA) is 536 Å². The van der Waals surface area contributed by atoms with Gasteiger partial charge in [0.05, 0.1) is 4.90 Å². The number of nitrogens with two attached hydrogens (primary N) is 7. The highest BCUT2D eigenvalue weighted by Crippen LogP contribution is 2.19. The zero-order valence-electron chi connectivity index (χ0n) is 65.6. The first kappa shape index (κ1) is 96.4. The molecule has 0 heterocycles. The molecular weight excluding hydrogens is 1410 g/mol. The summed E-state index contributed by atoms with van der Waals surface area (Å²) in [7, 11) is -4.22. The van der Waals surface area contributed by atoms with Gasteiger partial charge in [0.25, 0.3) is 0 Å². The first-order chi connectivity index (χ1) is 51.3. The summed E-state index contributed by atoms with van der Waals surface area (Å²) in [6.07, 6.45) is 6.22. The summed E-state index contributed by atoms with van der Waals surface area (Å²) in [5.74, 6) is -9.14. The van der Waals surface area contributed by atoms with E-state index in [0.717, 1.165) is 5.56 Å². The second-order valence-electron chi connectivity index (χ2n) is 29.6. The van der Waals surface area contributed by atoms with E-state index in [1.807, 2.05) is 48.5 Å². The summed E-state index contributed by atoms with van der Waals surface area (Å²) < 4.78 is 29.8. The Morgan fingerprint density at radius 3 is 0.954 bits per heavy atom. The van der Waals surface area contributed by atoms with Crippen LogP contribution in [0.5, 0.6) is 0 Å². The van der Waals surface area contributed by atoms with Crippen LogP contribution in [0.25, 0.3) is 0 Å². The van der Waals surface area contributed by atoms with Crippen molar-refractivity contribution in [2.24, 2.45) is 63.8 Å².